The van der Waals surface area contributed by atoms with Crippen LogP contribution in [0.2, 0.25) is 0 Å². The van der Waals surface area contributed by atoms with E-state index in [-0.39, 0.29) is 0 Å². The first-order valence-corrected chi connectivity index (χ1v) is 6.50. The van der Waals surface area contributed by atoms with E-state index < -0.39 is 0 Å². The number of aromatic nitrogens is 2. The van der Waals surface area contributed by atoms with Crippen molar-refractivity contribution in [3.05, 3.63) is 53.0 Å². The third-order valence-corrected chi connectivity index (χ3v) is 3.47. The van der Waals surface area contributed by atoms with Crippen LogP contribution in [0.4, 0.5) is 0 Å². The van der Waals surface area contributed by atoms with Crippen molar-refractivity contribution in [3.63, 3.8) is 0 Å². The number of nitrogens with one attached hydrogen (secondary N) is 1. The summed E-state index contributed by atoms with van der Waals surface area (Å²) in [6, 6.07) is 8.65. The van der Waals surface area contributed by atoms with Crippen LogP contribution in [-0.2, 0) is 6.54 Å². The Bertz CT molecular complexity index is 453. The van der Waals surface area contributed by atoms with Crippen molar-refractivity contribution in [2.24, 2.45) is 0 Å². The van der Waals surface area contributed by atoms with E-state index in [1.807, 2.05) is 18.6 Å². The van der Waals surface area contributed by atoms with Crippen molar-refractivity contribution in [1.82, 2.24) is 14.9 Å². The summed E-state index contributed by atoms with van der Waals surface area (Å²) in [6.45, 7) is 4.04. The molecular weight excluding hydrogens is 278 g/mol. The highest BCUT2D eigenvalue weighted by Gasteiger charge is 2.07. The Balaban J connectivity index is 1.85. The third-order valence-electron chi connectivity index (χ3n) is 2.75. The summed E-state index contributed by atoms with van der Waals surface area (Å²) in [6.07, 6.45) is 5.62. The Morgan fingerprint density at radius 1 is 1.41 bits per heavy atom. The van der Waals surface area contributed by atoms with Gasteiger partial charge in [-0.05, 0) is 18.6 Å². The molecule has 1 aromatic carbocycles. The lowest BCUT2D eigenvalue weighted by Gasteiger charge is -2.15. The molecule has 0 saturated carbocycles. The van der Waals surface area contributed by atoms with E-state index in [1.54, 1.807) is 6.20 Å². The summed E-state index contributed by atoms with van der Waals surface area (Å²) in [5, 5.41) is 3.50. The van der Waals surface area contributed by atoms with Crippen LogP contribution in [0.25, 0.3) is 0 Å². The molecule has 4 heteroatoms. The van der Waals surface area contributed by atoms with Crippen LogP contribution < -0.4 is 5.32 Å². The molecule has 3 nitrogen and oxygen atoms in total. The molecule has 2 rings (SSSR count). The molecule has 17 heavy (non-hydrogen) atoms. The van der Waals surface area contributed by atoms with Gasteiger partial charge in [0.25, 0.3) is 0 Å². The summed E-state index contributed by atoms with van der Waals surface area (Å²) in [7, 11) is 0. The first-order valence-electron chi connectivity index (χ1n) is 5.71. The first-order chi connectivity index (χ1) is 8.27. The van der Waals surface area contributed by atoms with Crippen molar-refractivity contribution in [2.45, 2.75) is 19.5 Å². The minimum absolute atomic E-state index is 0.342. The average molecular weight is 294 g/mol. The Labute approximate surface area is 110 Å². The van der Waals surface area contributed by atoms with E-state index in [0.29, 0.717) is 6.04 Å². The molecule has 1 heterocycles. The Morgan fingerprint density at radius 2 is 2.24 bits per heavy atom. The van der Waals surface area contributed by atoms with Crippen LogP contribution >= 0.6 is 15.9 Å². The second kappa shape index (κ2) is 5.98. The molecule has 0 saturated heterocycles. The van der Waals surface area contributed by atoms with Crippen molar-refractivity contribution >= 4 is 15.9 Å². The second-order valence-corrected chi connectivity index (χ2v) is 4.85. The SMILES string of the molecule is CC(NCCn1ccnc1)c1ccccc1Br. The molecule has 1 N–H and O–H groups in total. The molecular formula is C13H16BrN3. The standard InChI is InChI=1S/C13H16BrN3/c1-11(12-4-2-3-5-13(12)14)16-7-9-17-8-6-15-10-17/h2-6,8,10-11,16H,7,9H2,1H3. The molecule has 0 radical (unpaired) electrons. The van der Waals surface area contributed by atoms with E-state index in [1.165, 1.54) is 5.56 Å². The largest absolute Gasteiger partial charge is 0.336 e. The Morgan fingerprint density at radius 3 is 2.94 bits per heavy atom. The van der Waals surface area contributed by atoms with Crippen molar-refractivity contribution in [2.75, 3.05) is 6.54 Å². The molecule has 1 aromatic heterocycles. The Hall–Kier alpha value is -1.13. The maximum atomic E-state index is 4.02. The summed E-state index contributed by atoms with van der Waals surface area (Å²) in [5.41, 5.74) is 1.29. The quantitative estimate of drug-likeness (QED) is 0.918. The zero-order chi connectivity index (χ0) is 12.1. The van der Waals surface area contributed by atoms with Crippen LogP contribution in [0.5, 0.6) is 0 Å². The van der Waals surface area contributed by atoms with E-state index >= 15 is 0 Å². The highest BCUT2D eigenvalue weighted by Crippen LogP contribution is 2.22. The number of halogens is 1. The van der Waals surface area contributed by atoms with Gasteiger partial charge in [-0.15, -0.1) is 0 Å². The fraction of sp³-hybridized carbons (Fsp3) is 0.308. The summed E-state index contributed by atoms with van der Waals surface area (Å²) in [5.74, 6) is 0. The maximum Gasteiger partial charge on any atom is 0.0946 e. The highest BCUT2D eigenvalue weighted by molar-refractivity contribution is 9.10. The molecule has 90 valence electrons. The van der Waals surface area contributed by atoms with Gasteiger partial charge >= 0.3 is 0 Å². The average Bonchev–Trinajstić information content (AvgIpc) is 2.82. The third kappa shape index (κ3) is 3.41. The topological polar surface area (TPSA) is 29.9 Å². The lowest BCUT2D eigenvalue weighted by Crippen LogP contribution is -2.23. The van der Waals surface area contributed by atoms with Gasteiger partial charge in [0.05, 0.1) is 6.33 Å². The number of hydrogen-bond acceptors (Lipinski definition) is 2. The minimum atomic E-state index is 0.342. The minimum Gasteiger partial charge on any atom is -0.336 e. The monoisotopic (exact) mass is 293 g/mol. The predicted molar refractivity (Wildman–Crippen MR) is 72.8 cm³/mol. The first kappa shape index (κ1) is 12.3. The lowest BCUT2D eigenvalue weighted by atomic mass is 10.1. The molecule has 0 spiro atoms. The fourth-order valence-electron chi connectivity index (χ4n) is 1.77. The molecule has 1 atom stereocenters. The van der Waals surface area contributed by atoms with Gasteiger partial charge in [-0.2, -0.15) is 0 Å². The second-order valence-electron chi connectivity index (χ2n) is 4.00. The van der Waals surface area contributed by atoms with Gasteiger partial charge < -0.3 is 9.88 Å². The van der Waals surface area contributed by atoms with Crippen LogP contribution in [0.3, 0.4) is 0 Å². The van der Waals surface area contributed by atoms with Gasteiger partial charge in [-0.3, -0.25) is 0 Å². The van der Waals surface area contributed by atoms with Crippen LogP contribution in [0.1, 0.15) is 18.5 Å². The highest BCUT2D eigenvalue weighted by atomic mass is 79.9. The van der Waals surface area contributed by atoms with Gasteiger partial charge in [0.1, 0.15) is 0 Å². The smallest absolute Gasteiger partial charge is 0.0946 e. The fourth-order valence-corrected chi connectivity index (χ4v) is 2.39. The zero-order valence-electron chi connectivity index (χ0n) is 9.81. The van der Waals surface area contributed by atoms with Crippen molar-refractivity contribution in [3.8, 4) is 0 Å². The summed E-state index contributed by atoms with van der Waals surface area (Å²) < 4.78 is 3.22. The molecule has 0 aliphatic rings. The predicted octanol–water partition coefficient (Wildman–Crippen LogP) is 3.00. The summed E-state index contributed by atoms with van der Waals surface area (Å²) >= 11 is 3.57. The molecule has 0 aliphatic carbocycles. The normalized spacial score (nSPS) is 12.6. The molecule has 0 fully saturated rings. The lowest BCUT2D eigenvalue weighted by molar-refractivity contribution is 0.530. The Kier molecular flexibility index (Phi) is 4.34. The molecule has 1 unspecified atom stereocenters. The van der Waals surface area contributed by atoms with Gasteiger partial charge in [0.15, 0.2) is 0 Å². The van der Waals surface area contributed by atoms with Crippen LogP contribution in [0, 0.1) is 0 Å². The number of benzene rings is 1. The van der Waals surface area contributed by atoms with E-state index in [2.05, 4.69) is 55.9 Å². The van der Waals surface area contributed by atoms with Gasteiger partial charge in [-0.1, -0.05) is 34.1 Å². The number of hydrogen-bond donors (Lipinski definition) is 1. The van der Waals surface area contributed by atoms with Crippen molar-refractivity contribution in [1.29, 1.82) is 0 Å². The molecule has 2 aromatic rings. The summed E-state index contributed by atoms with van der Waals surface area (Å²) in [4.78, 5) is 4.02. The number of nitrogens with zero attached hydrogens (tertiary/aromatic N) is 2. The van der Waals surface area contributed by atoms with E-state index in [4.69, 9.17) is 0 Å². The van der Waals surface area contributed by atoms with Crippen LogP contribution in [0.15, 0.2) is 47.5 Å². The van der Waals surface area contributed by atoms with Gasteiger partial charge in [0.2, 0.25) is 0 Å². The van der Waals surface area contributed by atoms with Gasteiger partial charge in [-0.25, -0.2) is 4.98 Å². The van der Waals surface area contributed by atoms with Gasteiger partial charge in [0, 0.05) is 36.0 Å². The molecule has 0 amide bonds. The number of rotatable bonds is 5. The van der Waals surface area contributed by atoms with Crippen molar-refractivity contribution < 1.29 is 0 Å². The van der Waals surface area contributed by atoms with Crippen LogP contribution in [-0.4, -0.2) is 16.1 Å². The van der Waals surface area contributed by atoms with E-state index in [0.717, 1.165) is 17.6 Å². The number of imidazole rings is 1. The molecule has 0 aliphatic heterocycles. The molecule has 0 bridgehead atoms. The van der Waals surface area contributed by atoms with E-state index in [9.17, 15) is 0 Å². The maximum absolute atomic E-state index is 4.02. The zero-order valence-corrected chi connectivity index (χ0v) is 11.4.